The van der Waals surface area contributed by atoms with Gasteiger partial charge in [-0.25, -0.2) is 9.78 Å². The second kappa shape index (κ2) is 9.95. The zero-order chi connectivity index (χ0) is 21.7. The van der Waals surface area contributed by atoms with Gasteiger partial charge in [0.25, 0.3) is 0 Å². The molecule has 8 heteroatoms. The SMILES string of the molecule is C=CCn1c(SCC(=O)Nc2ccc(N(CC)CC)cc2)[nH+]c2sc(C)cc2c1=O. The minimum atomic E-state index is -0.121. The summed E-state index contributed by atoms with van der Waals surface area (Å²) < 4.78 is 1.62. The number of carbonyl (C=O) groups is 1. The molecule has 3 aromatic rings. The molecule has 2 N–H and O–H groups in total. The molecule has 3 rings (SSSR count). The summed E-state index contributed by atoms with van der Waals surface area (Å²) in [6, 6.07) is 9.74. The summed E-state index contributed by atoms with van der Waals surface area (Å²) in [5.74, 6) is 0.0739. The van der Waals surface area contributed by atoms with Crippen LogP contribution in [0.2, 0.25) is 0 Å². The number of thioether (sulfide) groups is 1. The predicted molar refractivity (Wildman–Crippen MR) is 127 cm³/mol. The highest BCUT2D eigenvalue weighted by molar-refractivity contribution is 7.99. The lowest BCUT2D eigenvalue weighted by atomic mass is 10.2. The van der Waals surface area contributed by atoms with Crippen molar-refractivity contribution in [2.24, 2.45) is 0 Å². The number of anilines is 2. The monoisotopic (exact) mass is 443 g/mol. The number of fused-ring (bicyclic) bond motifs is 1. The van der Waals surface area contributed by atoms with Gasteiger partial charge in [-0.2, -0.15) is 4.57 Å². The molecule has 158 valence electrons. The van der Waals surface area contributed by atoms with Crippen molar-refractivity contribution in [3.8, 4) is 0 Å². The Hall–Kier alpha value is -2.58. The predicted octanol–water partition coefficient (Wildman–Crippen LogP) is 3.95. The molecule has 6 nitrogen and oxygen atoms in total. The van der Waals surface area contributed by atoms with E-state index in [4.69, 9.17) is 0 Å². The van der Waals surface area contributed by atoms with Gasteiger partial charge in [0.05, 0.1) is 5.75 Å². The first kappa shape index (κ1) is 22.1. The number of rotatable bonds is 9. The highest BCUT2D eigenvalue weighted by Gasteiger charge is 2.20. The van der Waals surface area contributed by atoms with Crippen LogP contribution in [-0.4, -0.2) is 29.3 Å². The molecule has 0 spiro atoms. The number of aromatic amines is 1. The number of carbonyl (C=O) groups excluding carboxylic acids is 1. The average molecular weight is 444 g/mol. The van der Waals surface area contributed by atoms with Crippen molar-refractivity contribution >= 4 is 50.6 Å². The van der Waals surface area contributed by atoms with Crippen LogP contribution in [0.25, 0.3) is 10.2 Å². The van der Waals surface area contributed by atoms with Crippen molar-refractivity contribution in [3.63, 3.8) is 0 Å². The third-order valence-electron chi connectivity index (χ3n) is 4.73. The molecular formula is C22H27N4O2S2+. The van der Waals surface area contributed by atoms with E-state index in [1.807, 2.05) is 37.3 Å². The number of benzene rings is 1. The second-order valence-electron chi connectivity index (χ2n) is 6.79. The van der Waals surface area contributed by atoms with E-state index in [9.17, 15) is 9.59 Å². The molecule has 0 bridgehead atoms. The van der Waals surface area contributed by atoms with Crippen molar-refractivity contribution in [1.82, 2.24) is 4.57 Å². The number of nitrogens with one attached hydrogen (secondary N) is 2. The molecule has 0 saturated heterocycles. The Morgan fingerprint density at radius 3 is 2.63 bits per heavy atom. The summed E-state index contributed by atoms with van der Waals surface area (Å²) >= 11 is 2.85. The van der Waals surface area contributed by atoms with Crippen LogP contribution < -0.4 is 20.8 Å². The van der Waals surface area contributed by atoms with E-state index in [1.165, 1.54) is 23.1 Å². The van der Waals surface area contributed by atoms with Gasteiger partial charge in [0, 0.05) is 29.3 Å². The number of allylic oxidation sites excluding steroid dienone is 1. The maximum absolute atomic E-state index is 12.8. The largest absolute Gasteiger partial charge is 0.372 e. The fraction of sp³-hybridized carbons (Fsp3) is 0.318. The minimum Gasteiger partial charge on any atom is -0.372 e. The molecule has 30 heavy (non-hydrogen) atoms. The first-order valence-electron chi connectivity index (χ1n) is 9.91. The molecule has 2 aromatic heterocycles. The first-order chi connectivity index (χ1) is 14.5. The maximum atomic E-state index is 12.8. The molecule has 0 saturated carbocycles. The van der Waals surface area contributed by atoms with Crippen molar-refractivity contribution in [1.29, 1.82) is 0 Å². The fourth-order valence-electron chi connectivity index (χ4n) is 3.25. The highest BCUT2D eigenvalue weighted by atomic mass is 32.2. The van der Waals surface area contributed by atoms with E-state index in [1.54, 1.807) is 10.6 Å². The van der Waals surface area contributed by atoms with Crippen molar-refractivity contribution in [2.75, 3.05) is 29.1 Å². The molecule has 0 atom stereocenters. The molecule has 2 heterocycles. The van der Waals surface area contributed by atoms with Crippen molar-refractivity contribution in [2.45, 2.75) is 32.5 Å². The molecule has 0 aliphatic rings. The summed E-state index contributed by atoms with van der Waals surface area (Å²) in [5, 5.41) is 4.25. The molecule has 0 aliphatic heterocycles. The lowest BCUT2D eigenvalue weighted by Gasteiger charge is -2.21. The molecule has 0 unspecified atom stereocenters. The third-order valence-corrected chi connectivity index (χ3v) is 6.70. The lowest BCUT2D eigenvalue weighted by molar-refractivity contribution is -0.404. The van der Waals surface area contributed by atoms with Gasteiger partial charge in [0.1, 0.15) is 11.9 Å². The number of hydrogen-bond donors (Lipinski definition) is 1. The van der Waals surface area contributed by atoms with Crippen LogP contribution in [0.5, 0.6) is 0 Å². The van der Waals surface area contributed by atoms with E-state index in [0.29, 0.717) is 17.1 Å². The Morgan fingerprint density at radius 1 is 1.30 bits per heavy atom. The van der Waals surface area contributed by atoms with Gasteiger partial charge >= 0.3 is 10.7 Å². The van der Waals surface area contributed by atoms with Gasteiger partial charge in [-0.1, -0.05) is 24.0 Å². The quantitative estimate of drug-likeness (QED) is 0.309. The summed E-state index contributed by atoms with van der Waals surface area (Å²) in [6.45, 7) is 12.2. The summed E-state index contributed by atoms with van der Waals surface area (Å²) in [4.78, 5) is 32.7. The first-order valence-corrected chi connectivity index (χ1v) is 11.7. The number of H-pyrrole nitrogens is 1. The minimum absolute atomic E-state index is 0.0668. The standard InChI is InChI=1S/C22H26N4O2S2/c1-5-12-26-21(28)18-13-15(4)30-20(18)24-22(26)29-14-19(27)23-16-8-10-17(11-9-16)25(6-2)7-3/h5,8-11,13H,1,6-7,12,14H2,2-4H3,(H,23,27)/p+1. The van der Waals surface area contributed by atoms with Gasteiger partial charge in [-0.3, -0.25) is 4.79 Å². The van der Waals surface area contributed by atoms with E-state index in [2.05, 4.69) is 35.6 Å². The van der Waals surface area contributed by atoms with Crippen LogP contribution in [0.1, 0.15) is 18.7 Å². The Labute approximate surface area is 184 Å². The normalized spacial score (nSPS) is 10.9. The van der Waals surface area contributed by atoms with Crippen LogP contribution in [0.15, 0.2) is 52.9 Å². The van der Waals surface area contributed by atoms with E-state index in [-0.39, 0.29) is 17.2 Å². The molecular weight excluding hydrogens is 416 g/mol. The van der Waals surface area contributed by atoms with E-state index >= 15 is 0 Å². The number of aromatic nitrogens is 2. The van der Waals surface area contributed by atoms with Crippen LogP contribution in [0.4, 0.5) is 11.4 Å². The van der Waals surface area contributed by atoms with Crippen LogP contribution >= 0.6 is 23.1 Å². The lowest BCUT2D eigenvalue weighted by Crippen LogP contribution is -2.29. The molecule has 0 fully saturated rings. The second-order valence-corrected chi connectivity index (χ2v) is 9.01. The molecule has 1 amide bonds. The van der Waals surface area contributed by atoms with Gasteiger partial charge < -0.3 is 10.2 Å². The number of aryl methyl sites for hydroxylation is 1. The van der Waals surface area contributed by atoms with Crippen molar-refractivity contribution in [3.05, 3.63) is 58.2 Å². The summed E-state index contributed by atoms with van der Waals surface area (Å²) in [5.41, 5.74) is 1.83. The molecule has 0 radical (unpaired) electrons. The van der Waals surface area contributed by atoms with Crippen molar-refractivity contribution < 1.29 is 9.78 Å². The van der Waals surface area contributed by atoms with Gasteiger partial charge in [-0.15, -0.1) is 0 Å². The van der Waals surface area contributed by atoms with E-state index < -0.39 is 0 Å². The number of hydrogen-bond acceptors (Lipinski definition) is 5. The maximum Gasteiger partial charge on any atom is 0.347 e. The topological polar surface area (TPSA) is 68.5 Å². The zero-order valence-corrected chi connectivity index (χ0v) is 19.2. The fourth-order valence-corrected chi connectivity index (χ4v) is 5.05. The molecule has 1 aromatic carbocycles. The summed E-state index contributed by atoms with van der Waals surface area (Å²) in [7, 11) is 0. The Morgan fingerprint density at radius 2 is 2.00 bits per heavy atom. The summed E-state index contributed by atoms with van der Waals surface area (Å²) in [6.07, 6.45) is 1.68. The van der Waals surface area contributed by atoms with Gasteiger partial charge in [0.15, 0.2) is 4.83 Å². The molecule has 0 aliphatic carbocycles. The van der Waals surface area contributed by atoms with Gasteiger partial charge in [0.2, 0.25) is 5.91 Å². The average Bonchev–Trinajstić information content (AvgIpc) is 3.11. The van der Waals surface area contributed by atoms with Gasteiger partial charge in [-0.05, 0) is 62.9 Å². The number of nitrogens with zero attached hydrogens (tertiary/aromatic N) is 2. The number of thiophene rings is 1. The zero-order valence-electron chi connectivity index (χ0n) is 17.5. The smallest absolute Gasteiger partial charge is 0.347 e. The van der Waals surface area contributed by atoms with Crippen LogP contribution in [0.3, 0.4) is 0 Å². The highest BCUT2D eigenvalue weighted by Crippen LogP contribution is 2.22. The van der Waals surface area contributed by atoms with Crippen LogP contribution in [0, 0.1) is 6.92 Å². The Bertz CT molecular complexity index is 1100. The Kier molecular flexibility index (Phi) is 7.33. The van der Waals surface area contributed by atoms with Crippen LogP contribution in [-0.2, 0) is 11.3 Å². The third kappa shape index (κ3) is 4.94. The Balaban J connectivity index is 1.71. The van der Waals surface area contributed by atoms with E-state index in [0.717, 1.165) is 34.2 Å². The number of amides is 1.